The Kier molecular flexibility index (Phi) is 22.2. The maximum absolute atomic E-state index is 2.67. The van der Waals surface area contributed by atoms with E-state index in [1.807, 2.05) is 0 Å². The average Bonchev–Trinajstić information content (AvgIpc) is 3.23. The third kappa shape index (κ3) is 16.9. The van der Waals surface area contributed by atoms with E-state index in [1.165, 1.54) is 167 Å². The second-order valence-corrected chi connectivity index (χ2v) is 11.1. The number of unbranched alkanes of at least 4 members (excludes halogenated alkanes) is 20. The summed E-state index contributed by atoms with van der Waals surface area (Å²) in [6.45, 7) is 9.43. The Hall–Kier alpha value is -0.660. The standard InChI is InChI=1S/C32H64N2/c1-4-7-10-12-13-14-15-16-17-18-19-20-21-22-24-26-29-34-31-30-33(28-9-6-3)32(34)27-25-23-11-8-5-2/h30-32H,4-29H2,1-3H3. The van der Waals surface area contributed by atoms with Gasteiger partial charge >= 0.3 is 0 Å². The molecule has 1 rings (SSSR count). The summed E-state index contributed by atoms with van der Waals surface area (Å²) in [5.74, 6) is 0. The van der Waals surface area contributed by atoms with Crippen LogP contribution in [-0.2, 0) is 0 Å². The summed E-state index contributed by atoms with van der Waals surface area (Å²) in [6, 6.07) is 0. The van der Waals surface area contributed by atoms with Gasteiger partial charge in [0, 0.05) is 25.5 Å². The first-order chi connectivity index (χ1) is 16.8. The molecule has 0 aromatic heterocycles. The van der Waals surface area contributed by atoms with Crippen molar-refractivity contribution in [1.29, 1.82) is 0 Å². The molecule has 0 aliphatic carbocycles. The molecule has 0 aromatic rings. The van der Waals surface area contributed by atoms with Crippen LogP contribution in [0.15, 0.2) is 12.4 Å². The van der Waals surface area contributed by atoms with E-state index in [0.717, 1.165) is 0 Å². The normalized spacial score (nSPS) is 15.7. The van der Waals surface area contributed by atoms with Gasteiger partial charge in [-0.15, -0.1) is 0 Å². The third-order valence-corrected chi connectivity index (χ3v) is 7.82. The zero-order valence-corrected chi connectivity index (χ0v) is 24.0. The Bertz CT molecular complexity index is 433. The summed E-state index contributed by atoms with van der Waals surface area (Å²) < 4.78 is 0. The lowest BCUT2D eigenvalue weighted by molar-refractivity contribution is 0.136. The van der Waals surface area contributed by atoms with Crippen LogP contribution in [0.3, 0.4) is 0 Å². The van der Waals surface area contributed by atoms with Crippen LogP contribution in [0.4, 0.5) is 0 Å². The van der Waals surface area contributed by atoms with Gasteiger partial charge in [-0.2, -0.15) is 0 Å². The molecule has 1 aliphatic heterocycles. The lowest BCUT2D eigenvalue weighted by Gasteiger charge is -2.33. The van der Waals surface area contributed by atoms with Gasteiger partial charge in [-0.05, 0) is 25.7 Å². The van der Waals surface area contributed by atoms with E-state index in [2.05, 4.69) is 43.0 Å². The topological polar surface area (TPSA) is 6.48 Å². The highest BCUT2D eigenvalue weighted by atomic mass is 15.4. The van der Waals surface area contributed by atoms with Crippen LogP contribution in [0.2, 0.25) is 0 Å². The van der Waals surface area contributed by atoms with Gasteiger partial charge in [-0.1, -0.05) is 149 Å². The van der Waals surface area contributed by atoms with Gasteiger partial charge in [0.25, 0.3) is 0 Å². The summed E-state index contributed by atoms with van der Waals surface area (Å²) >= 11 is 0. The van der Waals surface area contributed by atoms with Gasteiger partial charge in [-0.25, -0.2) is 0 Å². The Morgan fingerprint density at radius 2 is 0.706 bits per heavy atom. The SMILES string of the molecule is CCCCCCCCCCCCCCCCCCN1C=CN(CCCC)C1CCCCCCC. The Morgan fingerprint density at radius 3 is 1.12 bits per heavy atom. The monoisotopic (exact) mass is 477 g/mol. The summed E-state index contributed by atoms with van der Waals surface area (Å²) in [6.07, 6.45) is 39.6. The molecule has 0 bridgehead atoms. The fourth-order valence-corrected chi connectivity index (χ4v) is 5.45. The molecule has 0 radical (unpaired) electrons. The second kappa shape index (κ2) is 24.1. The molecule has 0 fully saturated rings. The highest BCUT2D eigenvalue weighted by molar-refractivity contribution is 4.96. The van der Waals surface area contributed by atoms with E-state index in [0.29, 0.717) is 6.17 Å². The Labute approximate surface area is 216 Å². The van der Waals surface area contributed by atoms with Gasteiger partial charge in [0.05, 0.1) is 0 Å². The van der Waals surface area contributed by atoms with Crippen LogP contribution < -0.4 is 0 Å². The Morgan fingerprint density at radius 1 is 0.382 bits per heavy atom. The molecule has 0 amide bonds. The Balaban J connectivity index is 1.99. The number of hydrogen-bond acceptors (Lipinski definition) is 2. The highest BCUT2D eigenvalue weighted by Gasteiger charge is 2.24. The zero-order valence-electron chi connectivity index (χ0n) is 24.0. The summed E-state index contributed by atoms with van der Waals surface area (Å²) in [5.41, 5.74) is 0. The van der Waals surface area contributed by atoms with E-state index in [1.54, 1.807) is 0 Å². The number of hydrogen-bond donors (Lipinski definition) is 0. The molecule has 0 saturated carbocycles. The minimum absolute atomic E-state index is 0.643. The van der Waals surface area contributed by atoms with Crippen molar-refractivity contribution in [3.05, 3.63) is 12.4 Å². The number of rotatable bonds is 26. The second-order valence-electron chi connectivity index (χ2n) is 11.1. The van der Waals surface area contributed by atoms with Crippen molar-refractivity contribution in [2.24, 2.45) is 0 Å². The van der Waals surface area contributed by atoms with E-state index in [-0.39, 0.29) is 0 Å². The first kappa shape index (κ1) is 31.4. The first-order valence-electron chi connectivity index (χ1n) is 16.0. The smallest absolute Gasteiger partial charge is 0.101 e. The van der Waals surface area contributed by atoms with Crippen molar-refractivity contribution >= 4 is 0 Å². The largest absolute Gasteiger partial charge is 0.356 e. The number of nitrogens with zero attached hydrogens (tertiary/aromatic N) is 2. The van der Waals surface area contributed by atoms with Gasteiger partial charge in [-0.3, -0.25) is 0 Å². The van der Waals surface area contributed by atoms with Crippen molar-refractivity contribution < 1.29 is 0 Å². The van der Waals surface area contributed by atoms with Crippen molar-refractivity contribution in [2.45, 2.75) is 181 Å². The third-order valence-electron chi connectivity index (χ3n) is 7.82. The fraction of sp³-hybridized carbons (Fsp3) is 0.938. The predicted octanol–water partition coefficient (Wildman–Crippen LogP) is 10.8. The van der Waals surface area contributed by atoms with Crippen molar-refractivity contribution in [3.63, 3.8) is 0 Å². The minimum atomic E-state index is 0.643. The maximum atomic E-state index is 2.67. The molecule has 0 N–H and O–H groups in total. The van der Waals surface area contributed by atoms with Crippen LogP contribution in [0.5, 0.6) is 0 Å². The van der Waals surface area contributed by atoms with Gasteiger partial charge in [0.1, 0.15) is 6.17 Å². The molecule has 0 aromatic carbocycles. The first-order valence-corrected chi connectivity index (χ1v) is 16.0. The molecular formula is C32H64N2. The maximum Gasteiger partial charge on any atom is 0.101 e. The fourth-order valence-electron chi connectivity index (χ4n) is 5.45. The molecule has 0 saturated heterocycles. The molecule has 34 heavy (non-hydrogen) atoms. The van der Waals surface area contributed by atoms with Gasteiger partial charge in [0.15, 0.2) is 0 Å². The predicted molar refractivity (Wildman–Crippen MR) is 154 cm³/mol. The van der Waals surface area contributed by atoms with Crippen molar-refractivity contribution in [3.8, 4) is 0 Å². The molecular weight excluding hydrogens is 412 g/mol. The van der Waals surface area contributed by atoms with E-state index in [4.69, 9.17) is 0 Å². The molecule has 2 nitrogen and oxygen atoms in total. The molecule has 1 aliphatic rings. The molecule has 1 heterocycles. The lowest BCUT2D eigenvalue weighted by atomic mass is 10.0. The molecule has 2 heteroatoms. The van der Waals surface area contributed by atoms with Crippen LogP contribution >= 0.6 is 0 Å². The quantitative estimate of drug-likeness (QED) is 0.114. The van der Waals surface area contributed by atoms with Crippen LogP contribution in [0, 0.1) is 0 Å². The van der Waals surface area contributed by atoms with E-state index < -0.39 is 0 Å². The van der Waals surface area contributed by atoms with Crippen molar-refractivity contribution in [2.75, 3.05) is 13.1 Å². The molecule has 1 unspecified atom stereocenters. The highest BCUT2D eigenvalue weighted by Crippen LogP contribution is 2.23. The van der Waals surface area contributed by atoms with Crippen LogP contribution in [-0.4, -0.2) is 29.1 Å². The van der Waals surface area contributed by atoms with Crippen LogP contribution in [0.25, 0.3) is 0 Å². The zero-order chi connectivity index (χ0) is 24.5. The van der Waals surface area contributed by atoms with Crippen LogP contribution in [0.1, 0.15) is 175 Å². The summed E-state index contributed by atoms with van der Waals surface area (Å²) in [4.78, 5) is 5.30. The average molecular weight is 477 g/mol. The lowest BCUT2D eigenvalue weighted by Crippen LogP contribution is -2.39. The van der Waals surface area contributed by atoms with Gasteiger partial charge < -0.3 is 9.80 Å². The summed E-state index contributed by atoms with van der Waals surface area (Å²) in [5, 5.41) is 0. The minimum Gasteiger partial charge on any atom is -0.356 e. The van der Waals surface area contributed by atoms with E-state index in [9.17, 15) is 0 Å². The van der Waals surface area contributed by atoms with E-state index >= 15 is 0 Å². The molecule has 0 spiro atoms. The molecule has 1 atom stereocenters. The molecule has 202 valence electrons. The van der Waals surface area contributed by atoms with Gasteiger partial charge in [0.2, 0.25) is 0 Å². The van der Waals surface area contributed by atoms with Crippen molar-refractivity contribution in [1.82, 2.24) is 9.80 Å². The summed E-state index contributed by atoms with van der Waals surface area (Å²) in [7, 11) is 0.